The zero-order valence-corrected chi connectivity index (χ0v) is 18.0. The Morgan fingerprint density at radius 2 is 1.87 bits per heavy atom. The van der Waals surface area contributed by atoms with Gasteiger partial charge in [-0.05, 0) is 24.3 Å². The summed E-state index contributed by atoms with van der Waals surface area (Å²) in [7, 11) is 0. The molecule has 7 nitrogen and oxygen atoms in total. The minimum Gasteiger partial charge on any atom is -0.332 e. The molecule has 0 saturated carbocycles. The van der Waals surface area contributed by atoms with E-state index < -0.39 is 5.91 Å². The summed E-state index contributed by atoms with van der Waals surface area (Å²) in [6, 6.07) is 16.2. The Hall–Kier alpha value is -3.10. The molecule has 3 aromatic rings. The van der Waals surface area contributed by atoms with Crippen molar-refractivity contribution in [3.8, 4) is 11.3 Å². The molecule has 2 aromatic carbocycles. The standard InChI is InChI=1S/C22H19ClN4O3S/c23-15-7-5-14(6-8-15)19-13-17(16-3-1-2-4-18(16)24-19)21(29)26-25-20(28)9-10-27-11-12-31-22(27)30/h1-8,13H,9-12H2,(H,25,28)(H,26,29). The van der Waals surface area contributed by atoms with Gasteiger partial charge in [0.2, 0.25) is 5.91 Å². The number of thioether (sulfide) groups is 1. The molecular weight excluding hydrogens is 436 g/mol. The average molecular weight is 455 g/mol. The fourth-order valence-electron chi connectivity index (χ4n) is 3.25. The Morgan fingerprint density at radius 3 is 2.61 bits per heavy atom. The lowest BCUT2D eigenvalue weighted by molar-refractivity contribution is -0.122. The van der Waals surface area contributed by atoms with E-state index in [2.05, 4.69) is 15.8 Å². The number of nitrogens with zero attached hydrogens (tertiary/aromatic N) is 2. The van der Waals surface area contributed by atoms with Gasteiger partial charge in [-0.1, -0.05) is 53.7 Å². The molecule has 1 saturated heterocycles. The summed E-state index contributed by atoms with van der Waals surface area (Å²) >= 11 is 7.22. The number of nitrogens with one attached hydrogen (secondary N) is 2. The normalized spacial score (nSPS) is 13.5. The fourth-order valence-corrected chi connectivity index (χ4v) is 4.23. The van der Waals surface area contributed by atoms with E-state index in [1.54, 1.807) is 29.2 Å². The van der Waals surface area contributed by atoms with E-state index in [1.807, 2.05) is 30.3 Å². The van der Waals surface area contributed by atoms with Crippen LogP contribution in [-0.4, -0.2) is 45.8 Å². The van der Waals surface area contributed by atoms with Gasteiger partial charge in [0.05, 0.1) is 16.8 Å². The van der Waals surface area contributed by atoms with Gasteiger partial charge in [0.25, 0.3) is 11.1 Å². The highest BCUT2D eigenvalue weighted by Crippen LogP contribution is 2.26. The van der Waals surface area contributed by atoms with E-state index in [9.17, 15) is 14.4 Å². The molecule has 0 aliphatic carbocycles. The number of amides is 3. The van der Waals surface area contributed by atoms with Crippen LogP contribution in [0.1, 0.15) is 16.8 Å². The van der Waals surface area contributed by atoms with Gasteiger partial charge in [-0.2, -0.15) is 0 Å². The topological polar surface area (TPSA) is 91.4 Å². The number of aromatic nitrogens is 1. The van der Waals surface area contributed by atoms with Crippen LogP contribution in [0.25, 0.3) is 22.2 Å². The van der Waals surface area contributed by atoms with Crippen LogP contribution in [0, 0.1) is 0 Å². The van der Waals surface area contributed by atoms with E-state index in [1.165, 1.54) is 11.8 Å². The second kappa shape index (κ2) is 9.36. The number of hydrogen-bond donors (Lipinski definition) is 2. The fraction of sp³-hybridized carbons (Fsp3) is 0.182. The molecule has 4 rings (SSSR count). The maximum Gasteiger partial charge on any atom is 0.281 e. The van der Waals surface area contributed by atoms with Crippen LogP contribution in [0.5, 0.6) is 0 Å². The lowest BCUT2D eigenvalue weighted by Crippen LogP contribution is -2.43. The number of para-hydroxylation sites is 1. The van der Waals surface area contributed by atoms with Crippen LogP contribution in [0.15, 0.2) is 54.6 Å². The van der Waals surface area contributed by atoms with Crippen LogP contribution in [0.3, 0.4) is 0 Å². The average Bonchev–Trinajstić information content (AvgIpc) is 3.20. The van der Waals surface area contributed by atoms with Crippen molar-refractivity contribution < 1.29 is 14.4 Å². The number of fused-ring (bicyclic) bond motifs is 1. The Labute approximate surface area is 188 Å². The van der Waals surface area contributed by atoms with Gasteiger partial charge in [-0.25, -0.2) is 4.98 Å². The molecule has 1 aromatic heterocycles. The summed E-state index contributed by atoms with van der Waals surface area (Å²) in [4.78, 5) is 42.9. The van der Waals surface area contributed by atoms with E-state index in [0.717, 1.165) is 11.3 Å². The van der Waals surface area contributed by atoms with E-state index in [4.69, 9.17) is 11.6 Å². The first-order chi connectivity index (χ1) is 15.0. The largest absolute Gasteiger partial charge is 0.332 e. The number of hydrogen-bond acceptors (Lipinski definition) is 5. The Kier molecular flexibility index (Phi) is 6.39. The third-order valence-electron chi connectivity index (χ3n) is 4.87. The SMILES string of the molecule is O=C(CCN1CCSC1=O)NNC(=O)c1cc(-c2ccc(Cl)cc2)nc2ccccc12. The minimum absolute atomic E-state index is 0.0187. The second-order valence-electron chi connectivity index (χ2n) is 6.93. The van der Waals surface area contributed by atoms with E-state index >= 15 is 0 Å². The van der Waals surface area contributed by atoms with Crippen molar-refractivity contribution in [1.82, 2.24) is 20.7 Å². The molecular formula is C22H19ClN4O3S. The van der Waals surface area contributed by atoms with Crippen molar-refractivity contribution in [2.24, 2.45) is 0 Å². The number of carbonyl (C=O) groups excluding carboxylic acids is 3. The van der Waals surface area contributed by atoms with Crippen molar-refractivity contribution >= 4 is 51.3 Å². The van der Waals surface area contributed by atoms with Crippen molar-refractivity contribution in [1.29, 1.82) is 0 Å². The number of hydrazine groups is 1. The van der Waals surface area contributed by atoms with Crippen molar-refractivity contribution in [2.45, 2.75) is 6.42 Å². The molecule has 158 valence electrons. The predicted molar refractivity (Wildman–Crippen MR) is 122 cm³/mol. The quantitative estimate of drug-likeness (QED) is 0.571. The molecule has 0 radical (unpaired) electrons. The first-order valence-electron chi connectivity index (χ1n) is 9.68. The van der Waals surface area contributed by atoms with Gasteiger partial charge < -0.3 is 4.90 Å². The molecule has 2 N–H and O–H groups in total. The zero-order chi connectivity index (χ0) is 21.8. The number of pyridine rings is 1. The minimum atomic E-state index is -0.449. The molecule has 3 amide bonds. The van der Waals surface area contributed by atoms with Gasteiger partial charge in [-0.3, -0.25) is 25.2 Å². The van der Waals surface area contributed by atoms with Gasteiger partial charge in [0.15, 0.2) is 0 Å². The number of benzene rings is 2. The van der Waals surface area contributed by atoms with Crippen LogP contribution in [0.2, 0.25) is 5.02 Å². The number of halogens is 1. The van der Waals surface area contributed by atoms with Crippen LogP contribution >= 0.6 is 23.4 Å². The van der Waals surface area contributed by atoms with Crippen molar-refractivity contribution in [3.05, 3.63) is 65.2 Å². The predicted octanol–water partition coefficient (Wildman–Crippen LogP) is 3.88. The highest BCUT2D eigenvalue weighted by molar-refractivity contribution is 8.13. The first-order valence-corrected chi connectivity index (χ1v) is 11.0. The molecule has 2 heterocycles. The molecule has 0 bridgehead atoms. The van der Waals surface area contributed by atoms with Crippen LogP contribution in [0.4, 0.5) is 4.79 Å². The second-order valence-corrected chi connectivity index (χ2v) is 8.42. The zero-order valence-electron chi connectivity index (χ0n) is 16.4. The van der Waals surface area contributed by atoms with Gasteiger partial charge in [0.1, 0.15) is 0 Å². The number of rotatable bonds is 5. The van der Waals surface area contributed by atoms with Crippen LogP contribution < -0.4 is 10.9 Å². The Balaban J connectivity index is 1.49. The highest BCUT2D eigenvalue weighted by Gasteiger charge is 2.21. The Morgan fingerprint density at radius 1 is 1.10 bits per heavy atom. The third kappa shape index (κ3) is 4.98. The lowest BCUT2D eigenvalue weighted by atomic mass is 10.0. The van der Waals surface area contributed by atoms with Crippen molar-refractivity contribution in [2.75, 3.05) is 18.8 Å². The molecule has 0 spiro atoms. The van der Waals surface area contributed by atoms with Crippen LogP contribution in [-0.2, 0) is 4.79 Å². The molecule has 0 atom stereocenters. The monoisotopic (exact) mass is 454 g/mol. The molecule has 1 aliphatic rings. The first kappa shape index (κ1) is 21.1. The highest BCUT2D eigenvalue weighted by atomic mass is 35.5. The third-order valence-corrected chi connectivity index (χ3v) is 6.01. The Bertz CT molecular complexity index is 1150. The van der Waals surface area contributed by atoms with E-state index in [-0.39, 0.29) is 17.6 Å². The molecule has 31 heavy (non-hydrogen) atoms. The van der Waals surface area contributed by atoms with Gasteiger partial charge in [-0.15, -0.1) is 0 Å². The maximum absolute atomic E-state index is 12.9. The summed E-state index contributed by atoms with van der Waals surface area (Å²) in [5, 5.41) is 1.26. The lowest BCUT2D eigenvalue weighted by Gasteiger charge is -2.14. The summed E-state index contributed by atoms with van der Waals surface area (Å²) < 4.78 is 0. The molecule has 1 aliphatic heterocycles. The molecule has 9 heteroatoms. The van der Waals surface area contributed by atoms with Gasteiger partial charge >= 0.3 is 0 Å². The summed E-state index contributed by atoms with van der Waals surface area (Å²) in [5.41, 5.74) is 7.40. The summed E-state index contributed by atoms with van der Waals surface area (Å²) in [5.74, 6) is -0.0771. The smallest absolute Gasteiger partial charge is 0.281 e. The maximum atomic E-state index is 12.9. The van der Waals surface area contributed by atoms with Crippen molar-refractivity contribution in [3.63, 3.8) is 0 Å². The molecule has 0 unspecified atom stereocenters. The van der Waals surface area contributed by atoms with Gasteiger partial charge in [0, 0.05) is 41.2 Å². The summed E-state index contributed by atoms with van der Waals surface area (Å²) in [6.45, 7) is 0.964. The molecule has 1 fully saturated rings. The summed E-state index contributed by atoms with van der Waals surface area (Å²) in [6.07, 6.45) is 0.111. The van der Waals surface area contributed by atoms with E-state index in [0.29, 0.717) is 40.3 Å². The number of carbonyl (C=O) groups is 3.